The number of nitrogens with zero attached hydrogens (tertiary/aromatic N) is 2. The van der Waals surface area contributed by atoms with E-state index in [0.717, 1.165) is 19.3 Å². The highest BCUT2D eigenvalue weighted by atomic mass is 16.5. The lowest BCUT2D eigenvalue weighted by atomic mass is 9.75. The van der Waals surface area contributed by atoms with E-state index in [1.807, 2.05) is 23.1 Å². The third kappa shape index (κ3) is 3.14. The molecule has 1 aliphatic carbocycles. The van der Waals surface area contributed by atoms with E-state index >= 15 is 0 Å². The molecule has 6 heteroatoms. The van der Waals surface area contributed by atoms with Gasteiger partial charge in [0.1, 0.15) is 6.10 Å². The summed E-state index contributed by atoms with van der Waals surface area (Å²) >= 11 is 0. The Hall–Kier alpha value is -2.34. The van der Waals surface area contributed by atoms with Gasteiger partial charge in [-0.15, -0.1) is 0 Å². The summed E-state index contributed by atoms with van der Waals surface area (Å²) in [4.78, 5) is 19.0. The van der Waals surface area contributed by atoms with Crippen LogP contribution in [0.2, 0.25) is 0 Å². The number of hydrogen-bond acceptors (Lipinski definition) is 5. The number of hydrogen-bond donors (Lipinski definition) is 0. The molecule has 2 bridgehead atoms. The van der Waals surface area contributed by atoms with Gasteiger partial charge in [-0.05, 0) is 37.5 Å². The van der Waals surface area contributed by atoms with Gasteiger partial charge in [-0.3, -0.25) is 4.79 Å². The SMILES string of the molecule is CO[C@@H]1CC[C@H]2C[C@@H]1[C@@H](Oc1ccccn1)CN2C(=O)c1ccco1. The van der Waals surface area contributed by atoms with Gasteiger partial charge in [0.25, 0.3) is 5.91 Å². The summed E-state index contributed by atoms with van der Waals surface area (Å²) < 4.78 is 17.2. The number of amides is 1. The van der Waals surface area contributed by atoms with Crippen molar-refractivity contribution in [2.75, 3.05) is 13.7 Å². The third-order valence-electron chi connectivity index (χ3n) is 5.31. The van der Waals surface area contributed by atoms with E-state index in [4.69, 9.17) is 13.9 Å². The first kappa shape index (κ1) is 16.1. The molecule has 2 aliphatic rings. The van der Waals surface area contributed by atoms with Gasteiger partial charge >= 0.3 is 0 Å². The van der Waals surface area contributed by atoms with Gasteiger partial charge in [-0.2, -0.15) is 0 Å². The molecule has 4 rings (SSSR count). The van der Waals surface area contributed by atoms with Gasteiger partial charge in [-0.1, -0.05) is 6.07 Å². The number of furan rings is 1. The molecule has 2 aromatic heterocycles. The molecule has 1 saturated carbocycles. The van der Waals surface area contributed by atoms with Gasteiger partial charge in [0, 0.05) is 31.3 Å². The molecular formula is C19H22N2O4. The fourth-order valence-electron chi connectivity index (χ4n) is 4.09. The first-order valence-corrected chi connectivity index (χ1v) is 8.71. The minimum atomic E-state index is -0.143. The maximum atomic E-state index is 12.8. The zero-order chi connectivity index (χ0) is 17.2. The van der Waals surface area contributed by atoms with Gasteiger partial charge in [0.05, 0.1) is 18.9 Å². The van der Waals surface area contributed by atoms with E-state index in [1.54, 1.807) is 25.4 Å². The number of piperidine rings is 1. The Labute approximate surface area is 146 Å². The number of rotatable bonds is 4. The van der Waals surface area contributed by atoms with Crippen LogP contribution in [-0.4, -0.2) is 47.7 Å². The van der Waals surface area contributed by atoms with Gasteiger partial charge in [-0.25, -0.2) is 4.98 Å². The van der Waals surface area contributed by atoms with Crippen molar-refractivity contribution in [1.82, 2.24) is 9.88 Å². The molecule has 1 saturated heterocycles. The summed E-state index contributed by atoms with van der Waals surface area (Å²) in [6.45, 7) is 0.519. The Morgan fingerprint density at radius 1 is 1.24 bits per heavy atom. The monoisotopic (exact) mass is 342 g/mol. The quantitative estimate of drug-likeness (QED) is 0.855. The number of methoxy groups -OCH3 is 1. The van der Waals surface area contributed by atoms with Crippen molar-refractivity contribution in [3.05, 3.63) is 48.6 Å². The van der Waals surface area contributed by atoms with Crippen LogP contribution >= 0.6 is 0 Å². The molecule has 0 N–H and O–H groups in total. The highest BCUT2D eigenvalue weighted by Crippen LogP contribution is 2.38. The van der Waals surface area contributed by atoms with Crippen LogP contribution < -0.4 is 4.74 Å². The van der Waals surface area contributed by atoms with Gasteiger partial charge < -0.3 is 18.8 Å². The molecule has 3 heterocycles. The van der Waals surface area contributed by atoms with Crippen LogP contribution in [0.3, 0.4) is 0 Å². The molecule has 132 valence electrons. The number of likely N-dealkylation sites (tertiary alicyclic amines) is 1. The van der Waals surface area contributed by atoms with Crippen LogP contribution in [0.5, 0.6) is 5.88 Å². The largest absolute Gasteiger partial charge is 0.472 e. The maximum absolute atomic E-state index is 12.8. The Bertz CT molecular complexity index is 703. The smallest absolute Gasteiger partial charge is 0.289 e. The molecule has 1 amide bonds. The fraction of sp³-hybridized carbons (Fsp3) is 0.474. The molecule has 0 aromatic carbocycles. The average Bonchev–Trinajstić information content (AvgIpc) is 3.19. The molecule has 6 nitrogen and oxygen atoms in total. The van der Waals surface area contributed by atoms with E-state index in [0.29, 0.717) is 18.2 Å². The zero-order valence-corrected chi connectivity index (χ0v) is 14.2. The van der Waals surface area contributed by atoms with Crippen LogP contribution in [0, 0.1) is 5.92 Å². The summed E-state index contributed by atoms with van der Waals surface area (Å²) in [6, 6.07) is 9.25. The Kier molecular flexibility index (Phi) is 4.44. The van der Waals surface area contributed by atoms with E-state index in [2.05, 4.69) is 4.98 Å². The van der Waals surface area contributed by atoms with Crippen molar-refractivity contribution < 1.29 is 18.7 Å². The molecule has 25 heavy (non-hydrogen) atoms. The van der Waals surface area contributed by atoms with Gasteiger partial charge in [0.15, 0.2) is 5.76 Å². The van der Waals surface area contributed by atoms with Crippen molar-refractivity contribution in [3.63, 3.8) is 0 Å². The molecule has 0 radical (unpaired) electrons. The molecule has 2 fully saturated rings. The van der Waals surface area contributed by atoms with Crippen molar-refractivity contribution in [2.24, 2.45) is 5.92 Å². The summed E-state index contributed by atoms with van der Waals surface area (Å²) in [7, 11) is 1.75. The Morgan fingerprint density at radius 3 is 2.88 bits per heavy atom. The van der Waals surface area contributed by atoms with Crippen molar-refractivity contribution in [1.29, 1.82) is 0 Å². The summed E-state index contributed by atoms with van der Waals surface area (Å²) in [5.41, 5.74) is 0. The first-order valence-electron chi connectivity index (χ1n) is 8.71. The maximum Gasteiger partial charge on any atom is 0.289 e. The standard InChI is InChI=1S/C19H22N2O4/c1-23-15-8-7-13-11-14(15)17(25-18-6-2-3-9-20-18)12-21(13)19(22)16-5-4-10-24-16/h2-6,9-10,13-15,17H,7-8,11-12H2,1H3/t13-,14-,15+,17-/m0/s1. The topological polar surface area (TPSA) is 64.8 Å². The highest BCUT2D eigenvalue weighted by Gasteiger charge is 2.46. The van der Waals surface area contributed by atoms with E-state index in [-0.39, 0.29) is 30.1 Å². The second-order valence-corrected chi connectivity index (χ2v) is 6.66. The number of ether oxygens (including phenoxy) is 2. The minimum Gasteiger partial charge on any atom is -0.472 e. The average molecular weight is 342 g/mol. The second kappa shape index (κ2) is 6.88. The summed E-state index contributed by atoms with van der Waals surface area (Å²) in [6.07, 6.45) is 6.00. The Balaban J connectivity index is 1.58. The van der Waals surface area contributed by atoms with Crippen LogP contribution in [-0.2, 0) is 4.74 Å². The fourth-order valence-corrected chi connectivity index (χ4v) is 4.09. The lowest BCUT2D eigenvalue weighted by Gasteiger charge is -2.49. The van der Waals surface area contributed by atoms with E-state index in [9.17, 15) is 4.79 Å². The first-order chi connectivity index (χ1) is 12.3. The molecule has 2 aromatic rings. The van der Waals surface area contributed by atoms with E-state index in [1.165, 1.54) is 6.26 Å². The number of fused-ring (bicyclic) bond motifs is 2. The number of carbonyl (C=O) groups excluding carboxylic acids is 1. The molecule has 0 spiro atoms. The summed E-state index contributed by atoms with van der Waals surface area (Å²) in [5.74, 6) is 1.14. The zero-order valence-electron chi connectivity index (χ0n) is 14.2. The van der Waals surface area contributed by atoms with Crippen molar-refractivity contribution >= 4 is 5.91 Å². The normalized spacial score (nSPS) is 28.6. The van der Waals surface area contributed by atoms with Crippen LogP contribution in [0.4, 0.5) is 0 Å². The molecule has 1 aliphatic heterocycles. The second-order valence-electron chi connectivity index (χ2n) is 6.66. The third-order valence-corrected chi connectivity index (χ3v) is 5.31. The number of carbonyl (C=O) groups is 1. The highest BCUT2D eigenvalue weighted by molar-refractivity contribution is 5.91. The van der Waals surface area contributed by atoms with Crippen LogP contribution in [0.15, 0.2) is 47.2 Å². The van der Waals surface area contributed by atoms with Crippen LogP contribution in [0.1, 0.15) is 29.8 Å². The molecule has 0 unspecified atom stereocenters. The van der Waals surface area contributed by atoms with E-state index < -0.39 is 0 Å². The number of pyridine rings is 1. The summed E-state index contributed by atoms with van der Waals surface area (Å²) in [5, 5.41) is 0. The minimum absolute atomic E-state index is 0.0704. The van der Waals surface area contributed by atoms with Gasteiger partial charge in [0.2, 0.25) is 5.88 Å². The number of aromatic nitrogens is 1. The lowest BCUT2D eigenvalue weighted by molar-refractivity contribution is -0.0855. The lowest BCUT2D eigenvalue weighted by Crippen LogP contribution is -2.59. The Morgan fingerprint density at radius 2 is 2.16 bits per heavy atom. The predicted molar refractivity (Wildman–Crippen MR) is 90.3 cm³/mol. The van der Waals surface area contributed by atoms with Crippen molar-refractivity contribution in [3.8, 4) is 5.88 Å². The van der Waals surface area contributed by atoms with Crippen LogP contribution in [0.25, 0.3) is 0 Å². The molecule has 4 atom stereocenters. The van der Waals surface area contributed by atoms with Crippen molar-refractivity contribution in [2.45, 2.75) is 37.5 Å². The predicted octanol–water partition coefficient (Wildman–Crippen LogP) is 2.76. The molecular weight excluding hydrogens is 320 g/mol.